The van der Waals surface area contributed by atoms with Gasteiger partial charge >= 0.3 is 6.18 Å². The predicted octanol–water partition coefficient (Wildman–Crippen LogP) is 3.66. The maximum absolute atomic E-state index is 11.7. The Hall–Kier alpha value is -0.250. The fraction of sp³-hybridized carbons (Fsp3) is 1.00. The molecule has 0 atom stereocenters. The van der Waals surface area contributed by atoms with Gasteiger partial charge in [-0.2, -0.15) is 13.2 Å². The van der Waals surface area contributed by atoms with Gasteiger partial charge in [0.25, 0.3) is 0 Å². The number of aliphatic hydroxyl groups is 1. The van der Waals surface area contributed by atoms with Gasteiger partial charge in [-0.15, -0.1) is 0 Å². The zero-order chi connectivity index (χ0) is 10.9. The third-order valence-corrected chi connectivity index (χ3v) is 2.12. The van der Waals surface area contributed by atoms with E-state index in [-0.39, 0.29) is 13.0 Å². The Morgan fingerprint density at radius 3 is 1.57 bits per heavy atom. The first-order chi connectivity index (χ1) is 6.56. The fourth-order valence-corrected chi connectivity index (χ4v) is 1.32. The van der Waals surface area contributed by atoms with Crippen molar-refractivity contribution in [1.29, 1.82) is 0 Å². The summed E-state index contributed by atoms with van der Waals surface area (Å²) in [4.78, 5) is 0. The molecule has 0 aliphatic heterocycles. The van der Waals surface area contributed by atoms with Crippen LogP contribution in [0.5, 0.6) is 0 Å². The molecule has 14 heavy (non-hydrogen) atoms. The highest BCUT2D eigenvalue weighted by Crippen LogP contribution is 2.23. The zero-order valence-corrected chi connectivity index (χ0v) is 8.45. The third-order valence-electron chi connectivity index (χ3n) is 2.12. The molecule has 0 bridgehead atoms. The molecule has 0 amide bonds. The van der Waals surface area contributed by atoms with E-state index in [2.05, 4.69) is 0 Å². The molecule has 0 aliphatic carbocycles. The SMILES string of the molecule is OCCCCCCCCCC(F)(F)F. The summed E-state index contributed by atoms with van der Waals surface area (Å²) in [6, 6.07) is 0. The van der Waals surface area contributed by atoms with Crippen molar-refractivity contribution in [2.45, 2.75) is 57.5 Å². The van der Waals surface area contributed by atoms with E-state index in [1.807, 2.05) is 0 Å². The van der Waals surface area contributed by atoms with E-state index in [0.29, 0.717) is 6.42 Å². The van der Waals surface area contributed by atoms with Crippen molar-refractivity contribution >= 4 is 0 Å². The van der Waals surface area contributed by atoms with Crippen molar-refractivity contribution in [2.75, 3.05) is 6.61 Å². The minimum atomic E-state index is -3.99. The van der Waals surface area contributed by atoms with E-state index in [4.69, 9.17) is 5.11 Å². The molecule has 86 valence electrons. The van der Waals surface area contributed by atoms with Crippen molar-refractivity contribution in [3.05, 3.63) is 0 Å². The number of alkyl halides is 3. The van der Waals surface area contributed by atoms with Gasteiger partial charge in [-0.05, 0) is 12.8 Å². The molecule has 0 heterocycles. The summed E-state index contributed by atoms with van der Waals surface area (Å²) in [6.45, 7) is 0.216. The Balaban J connectivity index is 2.99. The minimum Gasteiger partial charge on any atom is -0.396 e. The Morgan fingerprint density at radius 1 is 0.714 bits per heavy atom. The molecule has 0 aromatic heterocycles. The number of aliphatic hydroxyl groups excluding tert-OH is 1. The lowest BCUT2D eigenvalue weighted by molar-refractivity contribution is -0.135. The smallest absolute Gasteiger partial charge is 0.389 e. The van der Waals surface area contributed by atoms with Crippen LogP contribution in [-0.4, -0.2) is 17.9 Å². The van der Waals surface area contributed by atoms with E-state index in [0.717, 1.165) is 32.1 Å². The van der Waals surface area contributed by atoms with Gasteiger partial charge in [0.05, 0.1) is 0 Å². The molecule has 0 saturated heterocycles. The number of hydrogen-bond acceptors (Lipinski definition) is 1. The van der Waals surface area contributed by atoms with Gasteiger partial charge in [-0.1, -0.05) is 32.1 Å². The summed E-state index contributed by atoms with van der Waals surface area (Å²) in [7, 11) is 0. The Bertz CT molecular complexity index is 123. The quantitative estimate of drug-likeness (QED) is 0.609. The first-order valence-corrected chi connectivity index (χ1v) is 5.24. The lowest BCUT2D eigenvalue weighted by Crippen LogP contribution is -2.06. The van der Waals surface area contributed by atoms with Crippen molar-refractivity contribution in [2.24, 2.45) is 0 Å². The van der Waals surface area contributed by atoms with Crippen molar-refractivity contribution < 1.29 is 18.3 Å². The van der Waals surface area contributed by atoms with E-state index in [9.17, 15) is 13.2 Å². The standard InChI is InChI=1S/C10H19F3O/c11-10(12,13)8-6-4-2-1-3-5-7-9-14/h14H,1-9H2. The van der Waals surface area contributed by atoms with Crippen LogP contribution >= 0.6 is 0 Å². The van der Waals surface area contributed by atoms with E-state index < -0.39 is 12.6 Å². The number of hydrogen-bond donors (Lipinski definition) is 1. The third kappa shape index (κ3) is 11.8. The van der Waals surface area contributed by atoms with Gasteiger partial charge < -0.3 is 5.11 Å². The molecule has 1 N–H and O–H groups in total. The highest BCUT2D eigenvalue weighted by atomic mass is 19.4. The van der Waals surface area contributed by atoms with E-state index in [1.165, 1.54) is 0 Å². The molecule has 0 unspecified atom stereocenters. The van der Waals surface area contributed by atoms with Crippen LogP contribution in [0, 0.1) is 0 Å². The maximum atomic E-state index is 11.7. The molecule has 0 rings (SSSR count). The molecule has 0 aromatic rings. The molecule has 0 radical (unpaired) electrons. The van der Waals surface area contributed by atoms with Crippen molar-refractivity contribution in [3.8, 4) is 0 Å². The molecule has 0 aromatic carbocycles. The van der Waals surface area contributed by atoms with E-state index in [1.54, 1.807) is 0 Å². The van der Waals surface area contributed by atoms with E-state index >= 15 is 0 Å². The zero-order valence-electron chi connectivity index (χ0n) is 8.45. The average Bonchev–Trinajstić information content (AvgIpc) is 2.08. The number of rotatable bonds is 8. The number of unbranched alkanes of at least 4 members (excludes halogenated alkanes) is 6. The summed E-state index contributed by atoms with van der Waals surface area (Å²) in [5.41, 5.74) is 0. The molecule has 0 fully saturated rings. The lowest BCUT2D eigenvalue weighted by Gasteiger charge is -2.05. The van der Waals surface area contributed by atoms with Gasteiger partial charge in [0.1, 0.15) is 0 Å². The summed E-state index contributed by atoms with van der Waals surface area (Å²) in [5, 5.41) is 8.47. The normalized spacial score (nSPS) is 12.0. The summed E-state index contributed by atoms with van der Waals surface area (Å²) in [6.07, 6.45) is 0.951. The second-order valence-electron chi connectivity index (χ2n) is 3.56. The minimum absolute atomic E-state index is 0.216. The molecular weight excluding hydrogens is 193 g/mol. The van der Waals surface area contributed by atoms with Crippen LogP contribution < -0.4 is 0 Å². The average molecular weight is 212 g/mol. The lowest BCUT2D eigenvalue weighted by atomic mass is 10.1. The van der Waals surface area contributed by atoms with Gasteiger partial charge in [0.2, 0.25) is 0 Å². The first-order valence-electron chi connectivity index (χ1n) is 5.24. The monoisotopic (exact) mass is 212 g/mol. The van der Waals surface area contributed by atoms with Gasteiger partial charge in [0, 0.05) is 13.0 Å². The second-order valence-corrected chi connectivity index (χ2v) is 3.56. The van der Waals surface area contributed by atoms with Crippen molar-refractivity contribution in [3.63, 3.8) is 0 Å². The van der Waals surface area contributed by atoms with Crippen LogP contribution in [0.15, 0.2) is 0 Å². The second kappa shape index (κ2) is 8.09. The maximum Gasteiger partial charge on any atom is 0.389 e. The Kier molecular flexibility index (Phi) is 7.95. The summed E-state index contributed by atoms with van der Waals surface area (Å²) >= 11 is 0. The fourth-order valence-electron chi connectivity index (χ4n) is 1.32. The largest absolute Gasteiger partial charge is 0.396 e. The van der Waals surface area contributed by atoms with Crippen LogP contribution in [0.2, 0.25) is 0 Å². The molecule has 1 nitrogen and oxygen atoms in total. The van der Waals surface area contributed by atoms with Crippen LogP contribution in [-0.2, 0) is 0 Å². The van der Waals surface area contributed by atoms with Gasteiger partial charge in [0.15, 0.2) is 0 Å². The predicted molar refractivity (Wildman–Crippen MR) is 50.1 cm³/mol. The Morgan fingerprint density at radius 2 is 1.14 bits per heavy atom. The highest BCUT2D eigenvalue weighted by molar-refractivity contribution is 4.52. The highest BCUT2D eigenvalue weighted by Gasteiger charge is 2.25. The summed E-state index contributed by atoms with van der Waals surface area (Å²) < 4.78 is 35.1. The summed E-state index contributed by atoms with van der Waals surface area (Å²) in [5.74, 6) is 0. The van der Waals surface area contributed by atoms with Crippen LogP contribution in [0.4, 0.5) is 13.2 Å². The van der Waals surface area contributed by atoms with Crippen LogP contribution in [0.25, 0.3) is 0 Å². The Labute approximate surface area is 83.3 Å². The van der Waals surface area contributed by atoms with Gasteiger partial charge in [-0.25, -0.2) is 0 Å². The van der Waals surface area contributed by atoms with Gasteiger partial charge in [-0.3, -0.25) is 0 Å². The molecule has 0 saturated carbocycles. The van der Waals surface area contributed by atoms with Crippen molar-refractivity contribution in [1.82, 2.24) is 0 Å². The first kappa shape index (κ1) is 13.8. The molecular formula is C10H19F3O. The topological polar surface area (TPSA) is 20.2 Å². The molecule has 0 spiro atoms. The van der Waals surface area contributed by atoms with Crippen LogP contribution in [0.1, 0.15) is 51.4 Å². The molecule has 0 aliphatic rings. The van der Waals surface area contributed by atoms with Crippen LogP contribution in [0.3, 0.4) is 0 Å². The number of halogens is 3. The molecule has 4 heteroatoms.